The molecule has 0 atom stereocenters. The van der Waals surface area contributed by atoms with Crippen LogP contribution in [0.1, 0.15) is 41.4 Å². The first-order valence-corrected chi connectivity index (χ1v) is 25.3. The molecular formula is C70H40O8. The molecule has 0 heterocycles. The van der Waals surface area contributed by atoms with Crippen molar-refractivity contribution in [2.45, 2.75) is 0 Å². The second-order valence-corrected chi connectivity index (χ2v) is 20.1. The van der Waals surface area contributed by atoms with Gasteiger partial charge in [0.25, 0.3) is 0 Å². The molecule has 0 aliphatic rings. The van der Waals surface area contributed by atoms with Crippen LogP contribution in [0.4, 0.5) is 0 Å². The molecular weight excluding hydrogens is 969 g/mol. The summed E-state index contributed by atoms with van der Waals surface area (Å²) in [4.78, 5) is 47.4. The summed E-state index contributed by atoms with van der Waals surface area (Å²) < 4.78 is 0. The minimum Gasteiger partial charge on any atom is -0.478 e. The van der Waals surface area contributed by atoms with Crippen molar-refractivity contribution in [2.24, 2.45) is 0 Å². The Morgan fingerprint density at radius 2 is 0.372 bits per heavy atom. The highest BCUT2D eigenvalue weighted by atomic mass is 16.4. The van der Waals surface area contributed by atoms with Crippen molar-refractivity contribution >= 4 is 121 Å². The molecule has 368 valence electrons. The topological polar surface area (TPSA) is 149 Å². The number of hydrogen-bond donors (Lipinski definition) is 4. The van der Waals surface area contributed by atoms with Crippen LogP contribution in [-0.4, -0.2) is 44.3 Å². The van der Waals surface area contributed by atoms with Gasteiger partial charge < -0.3 is 20.4 Å². The molecule has 0 saturated heterocycles. The third-order valence-electron chi connectivity index (χ3n) is 15.7. The molecule has 14 rings (SSSR count). The molecule has 0 saturated carbocycles. The van der Waals surface area contributed by atoms with Crippen LogP contribution in [0.15, 0.2) is 218 Å². The fourth-order valence-electron chi connectivity index (χ4n) is 11.7. The molecule has 0 fully saturated rings. The summed E-state index contributed by atoms with van der Waals surface area (Å²) >= 11 is 0. The number of carboxylic acid groups (broad SMARTS) is 4. The summed E-state index contributed by atoms with van der Waals surface area (Å²) in [7, 11) is 0. The highest BCUT2D eigenvalue weighted by molar-refractivity contribution is 6.40. The van der Waals surface area contributed by atoms with Crippen molar-refractivity contribution in [1.82, 2.24) is 0 Å². The number of rotatable bonds is 8. The van der Waals surface area contributed by atoms with Gasteiger partial charge in [0.2, 0.25) is 0 Å². The quantitative estimate of drug-likeness (QED) is 0.110. The van der Waals surface area contributed by atoms with Crippen LogP contribution in [0.25, 0.3) is 141 Å². The Bertz CT molecular complexity index is 4420. The minimum absolute atomic E-state index is 0.231. The molecule has 0 radical (unpaired) electrons. The Kier molecular flexibility index (Phi) is 10.3. The molecule has 14 aromatic rings. The van der Waals surface area contributed by atoms with Gasteiger partial charge in [0.05, 0.1) is 22.3 Å². The van der Waals surface area contributed by atoms with E-state index in [1.165, 1.54) is 0 Å². The molecule has 14 aromatic carbocycles. The molecule has 0 spiro atoms. The lowest BCUT2D eigenvalue weighted by Gasteiger charge is -2.19. The maximum absolute atomic E-state index is 11.9. The van der Waals surface area contributed by atoms with E-state index in [4.69, 9.17) is 0 Å². The maximum Gasteiger partial charge on any atom is 0.335 e. The lowest BCUT2D eigenvalue weighted by Crippen LogP contribution is -1.95. The SMILES string of the molecule is O=C(O)c1ccc2cc(-c3ccc4c(c3)c3cc(-c5ccc6cc(C(=O)O)ccc6c5)ccc3c3c5ccc(-c6ccc7cc(C(=O)O)ccc7c6)cc5c5cc(-c6ccc7cc(C(=O)O)ccc7c6)ccc5c43)ccc2c1. The predicted octanol–water partition coefficient (Wildman–Crippen LogP) is 17.5. The molecule has 0 aliphatic carbocycles. The highest BCUT2D eigenvalue weighted by Crippen LogP contribution is 2.47. The predicted molar refractivity (Wildman–Crippen MR) is 314 cm³/mol. The van der Waals surface area contributed by atoms with Gasteiger partial charge in [0.1, 0.15) is 0 Å². The number of aromatic carboxylic acids is 4. The van der Waals surface area contributed by atoms with Crippen molar-refractivity contribution in [2.75, 3.05) is 0 Å². The Morgan fingerprint density at radius 3 is 0.590 bits per heavy atom. The monoisotopic (exact) mass is 1010 g/mol. The molecule has 0 unspecified atom stereocenters. The van der Waals surface area contributed by atoms with Gasteiger partial charge in [-0.2, -0.15) is 0 Å². The van der Waals surface area contributed by atoms with Crippen LogP contribution >= 0.6 is 0 Å². The molecule has 0 amide bonds. The fraction of sp³-hybridized carbons (Fsp3) is 0. The van der Waals surface area contributed by atoms with Crippen LogP contribution in [-0.2, 0) is 0 Å². The van der Waals surface area contributed by atoms with Crippen LogP contribution in [0, 0.1) is 0 Å². The van der Waals surface area contributed by atoms with Crippen molar-refractivity contribution < 1.29 is 39.6 Å². The van der Waals surface area contributed by atoms with E-state index in [0.717, 1.165) is 141 Å². The van der Waals surface area contributed by atoms with Gasteiger partial charge in [-0.15, -0.1) is 0 Å². The normalized spacial score (nSPS) is 11.7. The van der Waals surface area contributed by atoms with E-state index in [0.29, 0.717) is 0 Å². The van der Waals surface area contributed by atoms with E-state index in [1.807, 2.05) is 72.8 Å². The highest BCUT2D eigenvalue weighted by Gasteiger charge is 2.20. The maximum atomic E-state index is 11.9. The van der Waals surface area contributed by atoms with Crippen LogP contribution in [0.2, 0.25) is 0 Å². The lowest BCUT2D eigenvalue weighted by atomic mass is 9.84. The third kappa shape index (κ3) is 7.53. The Labute approximate surface area is 443 Å². The summed E-state index contributed by atoms with van der Waals surface area (Å²) in [6, 6.07) is 71.8. The Hall–Kier alpha value is -10.7. The van der Waals surface area contributed by atoms with Gasteiger partial charge in [-0.25, -0.2) is 19.2 Å². The lowest BCUT2D eigenvalue weighted by molar-refractivity contribution is 0.0686. The molecule has 0 bridgehead atoms. The summed E-state index contributed by atoms with van der Waals surface area (Å²) in [5.74, 6) is -3.90. The molecule has 8 heteroatoms. The average Bonchev–Trinajstić information content (AvgIpc) is 3.56. The second kappa shape index (κ2) is 17.4. The first-order chi connectivity index (χ1) is 37.9. The summed E-state index contributed by atoms with van der Waals surface area (Å²) in [5, 5.41) is 56.5. The Morgan fingerprint density at radius 1 is 0.192 bits per heavy atom. The number of carbonyl (C=O) groups is 4. The van der Waals surface area contributed by atoms with Crippen LogP contribution in [0.5, 0.6) is 0 Å². The molecule has 4 N–H and O–H groups in total. The zero-order chi connectivity index (χ0) is 53.1. The zero-order valence-corrected chi connectivity index (χ0v) is 41.2. The van der Waals surface area contributed by atoms with E-state index < -0.39 is 23.9 Å². The van der Waals surface area contributed by atoms with E-state index in [2.05, 4.69) is 97.1 Å². The smallest absolute Gasteiger partial charge is 0.335 e. The average molecular weight is 1010 g/mol. The van der Waals surface area contributed by atoms with Gasteiger partial charge in [0, 0.05) is 0 Å². The third-order valence-corrected chi connectivity index (χ3v) is 15.7. The van der Waals surface area contributed by atoms with Crippen LogP contribution < -0.4 is 0 Å². The van der Waals surface area contributed by atoms with Crippen molar-refractivity contribution in [3.8, 4) is 44.5 Å². The van der Waals surface area contributed by atoms with E-state index in [-0.39, 0.29) is 22.3 Å². The first-order valence-electron chi connectivity index (χ1n) is 25.3. The van der Waals surface area contributed by atoms with Crippen molar-refractivity contribution in [1.29, 1.82) is 0 Å². The molecule has 8 nitrogen and oxygen atoms in total. The molecule has 78 heavy (non-hydrogen) atoms. The standard InChI is InChI=1S/C70H40O8/c71-67(72)53-13-9-37-25-41(1-5-45(37)29-53)49-17-21-57-61(33-49)62-34-50(42-2-6-46-30-54(68(73)74)14-10-38(46)26-42)18-22-58(62)66-60-24-20-52(44-4-8-48-32-56(70(77)78)16-12-40(48)28-44)36-64(60)63-35-51(19-23-59(63)65(57)66)43-3-7-47-31-55(69(75)76)15-11-39(47)27-43/h1-36H,(H,71,72)(H,73,74)(H,75,76)(H,77,78). The molecule has 0 aliphatic heterocycles. The van der Waals surface area contributed by atoms with Gasteiger partial charge in [0.15, 0.2) is 0 Å². The number of carboxylic acids is 4. The van der Waals surface area contributed by atoms with Crippen molar-refractivity contribution in [3.63, 3.8) is 0 Å². The number of hydrogen-bond acceptors (Lipinski definition) is 4. The first kappa shape index (κ1) is 45.9. The largest absolute Gasteiger partial charge is 0.478 e. The van der Waals surface area contributed by atoms with Crippen molar-refractivity contribution in [3.05, 3.63) is 241 Å². The molecule has 0 aromatic heterocycles. The number of fused-ring (bicyclic) bond motifs is 15. The van der Waals surface area contributed by atoms with E-state index in [1.54, 1.807) is 48.5 Å². The Balaban J connectivity index is 1.05. The van der Waals surface area contributed by atoms with Crippen LogP contribution in [0.3, 0.4) is 0 Å². The summed E-state index contributed by atoms with van der Waals surface area (Å²) in [6.07, 6.45) is 0. The van der Waals surface area contributed by atoms with E-state index in [9.17, 15) is 39.6 Å². The number of benzene rings is 14. The zero-order valence-electron chi connectivity index (χ0n) is 41.2. The minimum atomic E-state index is -0.975. The van der Waals surface area contributed by atoms with Gasteiger partial charge in [-0.05, 0) is 239 Å². The fourth-order valence-corrected chi connectivity index (χ4v) is 11.7. The van der Waals surface area contributed by atoms with Gasteiger partial charge in [-0.3, -0.25) is 0 Å². The van der Waals surface area contributed by atoms with E-state index >= 15 is 0 Å². The second-order valence-electron chi connectivity index (χ2n) is 20.1. The van der Waals surface area contributed by atoms with Gasteiger partial charge >= 0.3 is 23.9 Å². The van der Waals surface area contributed by atoms with Gasteiger partial charge in [-0.1, -0.05) is 121 Å². The summed E-state index contributed by atoms with van der Waals surface area (Å²) in [6.45, 7) is 0. The summed E-state index contributed by atoms with van der Waals surface area (Å²) in [5.41, 5.74) is 8.85.